The van der Waals surface area contributed by atoms with Crippen LogP contribution in [0.2, 0.25) is 0 Å². The lowest BCUT2D eigenvalue weighted by Gasteiger charge is -2.23. The summed E-state index contributed by atoms with van der Waals surface area (Å²) in [6.07, 6.45) is 1.38. The Morgan fingerprint density at radius 1 is 1.59 bits per heavy atom. The summed E-state index contributed by atoms with van der Waals surface area (Å²) in [6, 6.07) is 0.443. The molecule has 17 heavy (non-hydrogen) atoms. The molecule has 0 aliphatic rings. The molecule has 0 bridgehead atoms. The number of nitrogens with zero attached hydrogens (tertiary/aromatic N) is 2. The van der Waals surface area contributed by atoms with Crippen LogP contribution in [0, 0.1) is 0 Å². The number of nitrogens with two attached hydrogens (primary N) is 1. The fourth-order valence-electron chi connectivity index (χ4n) is 1.55. The lowest BCUT2D eigenvalue weighted by atomic mass is 10.3. The van der Waals surface area contributed by atoms with Crippen LogP contribution in [0.1, 0.15) is 20.8 Å². The first-order valence-corrected chi connectivity index (χ1v) is 5.87. The highest BCUT2D eigenvalue weighted by Crippen LogP contribution is 2.13. The molecule has 1 aromatic rings. The predicted molar refractivity (Wildman–Crippen MR) is 70.3 cm³/mol. The molecule has 0 saturated carbocycles. The van der Waals surface area contributed by atoms with Crippen molar-refractivity contribution in [2.45, 2.75) is 26.8 Å². The van der Waals surface area contributed by atoms with Gasteiger partial charge in [-0.25, -0.2) is 4.98 Å². The van der Waals surface area contributed by atoms with Crippen LogP contribution in [0.4, 0.5) is 11.5 Å². The van der Waals surface area contributed by atoms with Gasteiger partial charge in [0.05, 0.1) is 6.33 Å². The van der Waals surface area contributed by atoms with Gasteiger partial charge in [-0.1, -0.05) is 13.8 Å². The molecular formula is C11H21N5O. The van der Waals surface area contributed by atoms with Gasteiger partial charge in [0.1, 0.15) is 5.69 Å². The standard InChI is InChI=1S/C11H21N5O/c1-4-16(6-5-13-8(2)3)10-9(12)11(17)15-7-14-10/h7-8,13H,4-6,12H2,1-3H3,(H,14,15,17). The van der Waals surface area contributed by atoms with Gasteiger partial charge >= 0.3 is 0 Å². The van der Waals surface area contributed by atoms with Gasteiger partial charge in [-0.3, -0.25) is 4.79 Å². The van der Waals surface area contributed by atoms with Gasteiger partial charge in [0.25, 0.3) is 5.56 Å². The number of hydrogen-bond donors (Lipinski definition) is 3. The number of aromatic amines is 1. The van der Waals surface area contributed by atoms with Crippen LogP contribution in [0.15, 0.2) is 11.1 Å². The number of nitrogens with one attached hydrogen (secondary N) is 2. The Balaban J connectivity index is 2.73. The average Bonchev–Trinajstić information content (AvgIpc) is 2.28. The molecular weight excluding hydrogens is 218 g/mol. The van der Waals surface area contributed by atoms with Gasteiger partial charge in [-0.2, -0.15) is 0 Å². The molecule has 0 saturated heterocycles. The summed E-state index contributed by atoms with van der Waals surface area (Å²) < 4.78 is 0. The minimum absolute atomic E-state index is 0.180. The summed E-state index contributed by atoms with van der Waals surface area (Å²) in [6.45, 7) is 8.57. The van der Waals surface area contributed by atoms with Crippen molar-refractivity contribution >= 4 is 11.5 Å². The lowest BCUT2D eigenvalue weighted by Crippen LogP contribution is -2.36. The van der Waals surface area contributed by atoms with E-state index in [1.54, 1.807) is 0 Å². The highest BCUT2D eigenvalue weighted by atomic mass is 16.1. The maximum atomic E-state index is 11.4. The van der Waals surface area contributed by atoms with E-state index in [0.29, 0.717) is 11.9 Å². The largest absolute Gasteiger partial charge is 0.391 e. The molecule has 6 nitrogen and oxygen atoms in total. The minimum atomic E-state index is -0.287. The van der Waals surface area contributed by atoms with Crippen molar-refractivity contribution < 1.29 is 0 Å². The number of nitrogen functional groups attached to an aromatic ring is 1. The summed E-state index contributed by atoms with van der Waals surface area (Å²) in [7, 11) is 0. The zero-order valence-electron chi connectivity index (χ0n) is 10.7. The van der Waals surface area contributed by atoms with E-state index in [0.717, 1.165) is 19.6 Å². The molecule has 1 rings (SSSR count). The maximum Gasteiger partial charge on any atom is 0.276 e. The molecule has 0 aromatic carbocycles. The number of H-pyrrole nitrogens is 1. The molecule has 0 aliphatic heterocycles. The van der Waals surface area contributed by atoms with Crippen molar-refractivity contribution in [1.82, 2.24) is 15.3 Å². The highest BCUT2D eigenvalue weighted by molar-refractivity contribution is 5.60. The Morgan fingerprint density at radius 2 is 2.29 bits per heavy atom. The summed E-state index contributed by atoms with van der Waals surface area (Å²) in [5.74, 6) is 0.557. The molecule has 0 unspecified atom stereocenters. The zero-order chi connectivity index (χ0) is 12.8. The number of aromatic nitrogens is 2. The summed E-state index contributed by atoms with van der Waals surface area (Å²) in [5, 5.41) is 3.32. The Morgan fingerprint density at radius 3 is 2.88 bits per heavy atom. The van der Waals surface area contributed by atoms with Crippen LogP contribution < -0.4 is 21.5 Å². The Kier molecular flexibility index (Phi) is 4.96. The second-order valence-electron chi connectivity index (χ2n) is 4.16. The van der Waals surface area contributed by atoms with E-state index >= 15 is 0 Å². The van der Waals surface area contributed by atoms with Gasteiger partial charge in [0.2, 0.25) is 0 Å². The van der Waals surface area contributed by atoms with Crippen molar-refractivity contribution in [1.29, 1.82) is 0 Å². The average molecular weight is 239 g/mol. The van der Waals surface area contributed by atoms with E-state index in [-0.39, 0.29) is 11.2 Å². The second kappa shape index (κ2) is 6.24. The van der Waals surface area contributed by atoms with Gasteiger partial charge in [0, 0.05) is 25.7 Å². The van der Waals surface area contributed by atoms with E-state index in [1.807, 2.05) is 11.8 Å². The molecule has 1 heterocycles. The zero-order valence-corrected chi connectivity index (χ0v) is 10.7. The third-order valence-electron chi connectivity index (χ3n) is 2.48. The predicted octanol–water partition coefficient (Wildman–Crippen LogP) is 0.176. The van der Waals surface area contributed by atoms with Crippen molar-refractivity contribution in [2.75, 3.05) is 30.3 Å². The van der Waals surface area contributed by atoms with Crippen molar-refractivity contribution in [3.8, 4) is 0 Å². The number of anilines is 2. The first-order chi connectivity index (χ1) is 8.06. The molecule has 0 aliphatic carbocycles. The fourth-order valence-corrected chi connectivity index (χ4v) is 1.55. The van der Waals surface area contributed by atoms with Crippen LogP contribution in [0.25, 0.3) is 0 Å². The van der Waals surface area contributed by atoms with Crippen molar-refractivity contribution in [2.24, 2.45) is 0 Å². The summed E-state index contributed by atoms with van der Waals surface area (Å²) >= 11 is 0. The van der Waals surface area contributed by atoms with E-state index < -0.39 is 0 Å². The molecule has 4 N–H and O–H groups in total. The normalized spacial score (nSPS) is 10.8. The van der Waals surface area contributed by atoms with Gasteiger partial charge < -0.3 is 20.9 Å². The number of hydrogen-bond acceptors (Lipinski definition) is 5. The molecule has 0 radical (unpaired) electrons. The van der Waals surface area contributed by atoms with Crippen LogP contribution in [0.5, 0.6) is 0 Å². The first kappa shape index (κ1) is 13.5. The third kappa shape index (κ3) is 3.74. The Hall–Kier alpha value is -1.56. The monoisotopic (exact) mass is 239 g/mol. The van der Waals surface area contributed by atoms with E-state index in [2.05, 4.69) is 29.1 Å². The molecule has 0 amide bonds. The van der Waals surface area contributed by atoms with E-state index in [9.17, 15) is 4.79 Å². The Labute approximate surface area is 101 Å². The SMILES string of the molecule is CCN(CCNC(C)C)c1nc[nH]c(=O)c1N. The quantitative estimate of drug-likeness (QED) is 0.659. The van der Waals surface area contributed by atoms with Crippen LogP contribution >= 0.6 is 0 Å². The molecule has 0 atom stereocenters. The first-order valence-electron chi connectivity index (χ1n) is 5.87. The highest BCUT2D eigenvalue weighted by Gasteiger charge is 2.11. The van der Waals surface area contributed by atoms with Crippen LogP contribution in [0.3, 0.4) is 0 Å². The maximum absolute atomic E-state index is 11.4. The van der Waals surface area contributed by atoms with Gasteiger partial charge in [0.15, 0.2) is 5.82 Å². The molecule has 6 heteroatoms. The summed E-state index contributed by atoms with van der Waals surface area (Å²) in [4.78, 5) is 20.0. The third-order valence-corrected chi connectivity index (χ3v) is 2.48. The minimum Gasteiger partial charge on any atom is -0.391 e. The van der Waals surface area contributed by atoms with Gasteiger partial charge in [-0.15, -0.1) is 0 Å². The molecule has 0 spiro atoms. The van der Waals surface area contributed by atoms with Crippen molar-refractivity contribution in [3.05, 3.63) is 16.7 Å². The molecule has 96 valence electrons. The number of likely N-dealkylation sites (N-methyl/N-ethyl adjacent to an activating group) is 1. The van der Waals surface area contributed by atoms with Crippen LogP contribution in [-0.4, -0.2) is 35.6 Å². The smallest absolute Gasteiger partial charge is 0.276 e. The lowest BCUT2D eigenvalue weighted by molar-refractivity contribution is 0.582. The molecule has 0 fully saturated rings. The van der Waals surface area contributed by atoms with Crippen molar-refractivity contribution in [3.63, 3.8) is 0 Å². The molecule has 1 aromatic heterocycles. The van der Waals surface area contributed by atoms with E-state index in [1.165, 1.54) is 6.33 Å². The van der Waals surface area contributed by atoms with E-state index in [4.69, 9.17) is 5.73 Å². The number of rotatable bonds is 6. The second-order valence-corrected chi connectivity index (χ2v) is 4.16. The van der Waals surface area contributed by atoms with Crippen LogP contribution in [-0.2, 0) is 0 Å². The topological polar surface area (TPSA) is 87.0 Å². The summed E-state index contributed by atoms with van der Waals surface area (Å²) in [5.41, 5.74) is 5.62. The van der Waals surface area contributed by atoms with Gasteiger partial charge in [-0.05, 0) is 6.92 Å². The fraction of sp³-hybridized carbons (Fsp3) is 0.636. The Bertz CT molecular complexity index is 401.